The standard InChI is InChI=1S/C11H8Br2N4O/c1-18-11-7(13)2-6(12)10-8(11)9(17-15)5(3-14)4-16-10/h2,4H,15H2,1H3,(H,16,17). The lowest BCUT2D eigenvalue weighted by Crippen LogP contribution is -2.10. The molecule has 18 heavy (non-hydrogen) atoms. The van der Waals surface area contributed by atoms with E-state index in [4.69, 9.17) is 15.8 Å². The predicted octanol–water partition coefficient (Wildman–Crippen LogP) is 2.93. The van der Waals surface area contributed by atoms with Crippen molar-refractivity contribution in [2.24, 2.45) is 5.84 Å². The molecule has 2 aromatic rings. The fourth-order valence-corrected chi connectivity index (χ4v) is 3.14. The first-order valence-corrected chi connectivity index (χ1v) is 6.44. The summed E-state index contributed by atoms with van der Waals surface area (Å²) in [6, 6.07) is 3.87. The monoisotopic (exact) mass is 370 g/mol. The normalized spacial score (nSPS) is 10.2. The molecule has 5 nitrogen and oxygen atoms in total. The highest BCUT2D eigenvalue weighted by atomic mass is 79.9. The van der Waals surface area contributed by atoms with Crippen LogP contribution in [0, 0.1) is 11.3 Å². The lowest BCUT2D eigenvalue weighted by molar-refractivity contribution is 0.417. The van der Waals surface area contributed by atoms with Gasteiger partial charge in [-0.1, -0.05) is 0 Å². The molecular weight excluding hydrogens is 364 g/mol. The van der Waals surface area contributed by atoms with Gasteiger partial charge in [0.2, 0.25) is 0 Å². The van der Waals surface area contributed by atoms with Crippen molar-refractivity contribution in [3.8, 4) is 11.8 Å². The fraction of sp³-hybridized carbons (Fsp3) is 0.0909. The van der Waals surface area contributed by atoms with Crippen LogP contribution in [0.4, 0.5) is 5.69 Å². The van der Waals surface area contributed by atoms with Gasteiger partial charge in [-0.05, 0) is 37.9 Å². The van der Waals surface area contributed by atoms with E-state index in [1.807, 2.05) is 12.1 Å². The third-order valence-corrected chi connectivity index (χ3v) is 3.66. The second-order valence-corrected chi connectivity index (χ2v) is 5.11. The Hall–Kier alpha value is -1.36. The van der Waals surface area contributed by atoms with Crippen LogP contribution >= 0.6 is 31.9 Å². The zero-order chi connectivity index (χ0) is 13.3. The van der Waals surface area contributed by atoms with Crippen molar-refractivity contribution in [1.29, 1.82) is 5.26 Å². The van der Waals surface area contributed by atoms with Crippen LogP contribution in [0.1, 0.15) is 5.56 Å². The number of nitrogens with one attached hydrogen (secondary N) is 1. The van der Waals surface area contributed by atoms with E-state index >= 15 is 0 Å². The molecule has 2 rings (SSSR count). The molecule has 0 bridgehead atoms. The number of hydrazine groups is 1. The highest BCUT2D eigenvalue weighted by Crippen LogP contribution is 2.41. The number of methoxy groups -OCH3 is 1. The van der Waals surface area contributed by atoms with Gasteiger partial charge in [0.1, 0.15) is 11.8 Å². The van der Waals surface area contributed by atoms with Crippen molar-refractivity contribution in [3.63, 3.8) is 0 Å². The second-order valence-electron chi connectivity index (χ2n) is 3.40. The summed E-state index contributed by atoms with van der Waals surface area (Å²) in [4.78, 5) is 4.24. The van der Waals surface area contributed by atoms with Crippen molar-refractivity contribution in [1.82, 2.24) is 4.98 Å². The van der Waals surface area contributed by atoms with Gasteiger partial charge in [-0.3, -0.25) is 10.8 Å². The summed E-state index contributed by atoms with van der Waals surface area (Å²) >= 11 is 6.83. The number of fused-ring (bicyclic) bond motifs is 1. The Morgan fingerprint density at radius 1 is 1.44 bits per heavy atom. The highest BCUT2D eigenvalue weighted by Gasteiger charge is 2.17. The molecule has 1 aromatic carbocycles. The Morgan fingerprint density at radius 3 is 2.72 bits per heavy atom. The Kier molecular flexibility index (Phi) is 3.71. The van der Waals surface area contributed by atoms with E-state index in [9.17, 15) is 0 Å². The zero-order valence-corrected chi connectivity index (χ0v) is 12.5. The molecule has 3 N–H and O–H groups in total. The van der Waals surface area contributed by atoms with E-state index in [1.165, 1.54) is 6.20 Å². The topological polar surface area (TPSA) is 84.0 Å². The summed E-state index contributed by atoms with van der Waals surface area (Å²) in [7, 11) is 1.55. The molecule has 0 atom stereocenters. The van der Waals surface area contributed by atoms with Crippen molar-refractivity contribution in [2.45, 2.75) is 0 Å². The summed E-state index contributed by atoms with van der Waals surface area (Å²) in [5.74, 6) is 6.08. The Morgan fingerprint density at radius 2 is 2.17 bits per heavy atom. The number of halogens is 2. The maximum Gasteiger partial charge on any atom is 0.144 e. The maximum absolute atomic E-state index is 9.06. The molecule has 7 heteroatoms. The van der Waals surface area contributed by atoms with Crippen molar-refractivity contribution in [3.05, 3.63) is 26.8 Å². The number of nitrogens with zero attached hydrogens (tertiary/aromatic N) is 2. The third kappa shape index (κ3) is 1.92. The highest BCUT2D eigenvalue weighted by molar-refractivity contribution is 9.11. The maximum atomic E-state index is 9.06. The molecule has 0 amide bonds. The van der Waals surface area contributed by atoms with E-state index in [1.54, 1.807) is 7.11 Å². The number of hydrogen-bond acceptors (Lipinski definition) is 5. The number of rotatable bonds is 2. The van der Waals surface area contributed by atoms with Crippen molar-refractivity contribution >= 4 is 48.5 Å². The largest absolute Gasteiger partial charge is 0.495 e. The first kappa shape index (κ1) is 13.1. The van der Waals surface area contributed by atoms with Crippen LogP contribution in [0.2, 0.25) is 0 Å². The summed E-state index contributed by atoms with van der Waals surface area (Å²) in [6.45, 7) is 0. The molecule has 0 saturated carbocycles. The van der Waals surface area contributed by atoms with Crippen LogP contribution in [-0.2, 0) is 0 Å². The van der Waals surface area contributed by atoms with Gasteiger partial charge in [0.05, 0.1) is 33.7 Å². The zero-order valence-electron chi connectivity index (χ0n) is 9.29. The number of hydrogen-bond donors (Lipinski definition) is 2. The third-order valence-electron chi connectivity index (χ3n) is 2.47. The number of ether oxygens (including phenoxy) is 1. The van der Waals surface area contributed by atoms with Crippen LogP contribution in [0.3, 0.4) is 0 Å². The molecule has 0 spiro atoms. The van der Waals surface area contributed by atoms with E-state index in [2.05, 4.69) is 42.3 Å². The number of benzene rings is 1. The second kappa shape index (κ2) is 5.10. The number of nitrogens with two attached hydrogens (primary N) is 1. The van der Waals surface area contributed by atoms with Crippen LogP contribution < -0.4 is 16.0 Å². The lowest BCUT2D eigenvalue weighted by Gasteiger charge is -2.13. The van der Waals surface area contributed by atoms with Gasteiger partial charge in [0.25, 0.3) is 0 Å². The molecule has 0 saturated heterocycles. The van der Waals surface area contributed by atoms with Crippen LogP contribution in [-0.4, -0.2) is 12.1 Å². The Labute approximate surface area is 120 Å². The molecule has 1 aromatic heterocycles. The minimum absolute atomic E-state index is 0.355. The van der Waals surface area contributed by atoms with Gasteiger partial charge in [-0.2, -0.15) is 5.26 Å². The molecule has 0 aliphatic heterocycles. The minimum Gasteiger partial charge on any atom is -0.495 e. The number of pyridine rings is 1. The Bertz CT molecular complexity index is 666. The molecule has 1 heterocycles. The number of nitriles is 1. The van der Waals surface area contributed by atoms with Crippen molar-refractivity contribution < 1.29 is 4.74 Å². The number of anilines is 1. The SMILES string of the molecule is COc1c(Br)cc(Br)c2ncc(C#N)c(NN)c12. The molecule has 0 aliphatic rings. The van der Waals surface area contributed by atoms with Crippen LogP contribution in [0.25, 0.3) is 10.9 Å². The van der Waals surface area contributed by atoms with E-state index in [-0.39, 0.29) is 0 Å². The average Bonchev–Trinajstić information content (AvgIpc) is 2.37. The molecule has 0 radical (unpaired) electrons. The number of aromatic nitrogens is 1. The van der Waals surface area contributed by atoms with Crippen molar-refractivity contribution in [2.75, 3.05) is 12.5 Å². The van der Waals surface area contributed by atoms with Gasteiger partial charge in [0.15, 0.2) is 0 Å². The van der Waals surface area contributed by atoms with E-state index in [0.717, 1.165) is 8.95 Å². The fourth-order valence-electron chi connectivity index (χ4n) is 1.71. The smallest absolute Gasteiger partial charge is 0.144 e. The molecule has 0 unspecified atom stereocenters. The summed E-state index contributed by atoms with van der Waals surface area (Å²) in [5, 5.41) is 9.71. The van der Waals surface area contributed by atoms with Crippen LogP contribution in [0.5, 0.6) is 5.75 Å². The molecule has 0 fully saturated rings. The summed E-state index contributed by atoms with van der Waals surface area (Å²) < 4.78 is 6.87. The lowest BCUT2D eigenvalue weighted by atomic mass is 10.1. The minimum atomic E-state index is 0.355. The average molecular weight is 372 g/mol. The van der Waals surface area contributed by atoms with Crippen LogP contribution in [0.15, 0.2) is 21.2 Å². The summed E-state index contributed by atoms with van der Waals surface area (Å²) in [5.41, 5.74) is 4.05. The predicted molar refractivity (Wildman–Crippen MR) is 76.2 cm³/mol. The van der Waals surface area contributed by atoms with Gasteiger partial charge in [0, 0.05) is 10.7 Å². The van der Waals surface area contributed by atoms with Gasteiger partial charge in [-0.25, -0.2) is 0 Å². The molecular formula is C11H8Br2N4O. The molecule has 92 valence electrons. The van der Waals surface area contributed by atoms with Gasteiger partial charge >= 0.3 is 0 Å². The Balaban J connectivity index is 3.03. The summed E-state index contributed by atoms with van der Waals surface area (Å²) in [6.07, 6.45) is 1.47. The van der Waals surface area contributed by atoms with Gasteiger partial charge < -0.3 is 10.2 Å². The van der Waals surface area contributed by atoms with E-state index in [0.29, 0.717) is 27.9 Å². The number of nitrogen functional groups attached to an aromatic ring is 1. The van der Waals surface area contributed by atoms with E-state index < -0.39 is 0 Å². The molecule has 0 aliphatic carbocycles. The quantitative estimate of drug-likeness (QED) is 0.626. The first-order valence-electron chi connectivity index (χ1n) is 4.85. The first-order chi connectivity index (χ1) is 8.63. The van der Waals surface area contributed by atoms with Gasteiger partial charge in [-0.15, -0.1) is 0 Å².